The number of aryl methyl sites for hydroxylation is 1. The molecular weight excluding hydrogens is 192 g/mol. The van der Waals surface area contributed by atoms with Crippen molar-refractivity contribution in [1.29, 1.82) is 0 Å². The van der Waals surface area contributed by atoms with Crippen LogP contribution in [0.1, 0.15) is 22.5 Å². The van der Waals surface area contributed by atoms with Gasteiger partial charge in [-0.2, -0.15) is 0 Å². The third-order valence-electron chi connectivity index (χ3n) is 2.72. The number of nitrogens with zero attached hydrogens (tertiary/aromatic N) is 1. The molecule has 82 valence electrons. The summed E-state index contributed by atoms with van der Waals surface area (Å²) in [6.07, 6.45) is 2.58. The molecule has 4 heteroatoms. The van der Waals surface area contributed by atoms with Gasteiger partial charge in [0.2, 0.25) is 0 Å². The van der Waals surface area contributed by atoms with Gasteiger partial charge < -0.3 is 14.6 Å². The smallest absolute Gasteiger partial charge is 0.257 e. The first kappa shape index (κ1) is 10.2. The van der Waals surface area contributed by atoms with Crippen LogP contribution in [0.3, 0.4) is 0 Å². The highest BCUT2D eigenvalue weighted by Crippen LogP contribution is 2.12. The Morgan fingerprint density at radius 3 is 3.07 bits per heavy atom. The van der Waals surface area contributed by atoms with Crippen molar-refractivity contribution in [3.8, 4) is 0 Å². The lowest BCUT2D eigenvalue weighted by Gasteiger charge is -2.19. The van der Waals surface area contributed by atoms with E-state index in [2.05, 4.69) is 5.32 Å². The number of hydrogen-bond acceptors (Lipinski definition) is 3. The van der Waals surface area contributed by atoms with Crippen LogP contribution in [0.4, 0.5) is 0 Å². The van der Waals surface area contributed by atoms with Gasteiger partial charge in [-0.3, -0.25) is 4.79 Å². The van der Waals surface area contributed by atoms with Crippen molar-refractivity contribution in [1.82, 2.24) is 10.2 Å². The van der Waals surface area contributed by atoms with Crippen LogP contribution in [0, 0.1) is 6.92 Å². The maximum Gasteiger partial charge on any atom is 0.257 e. The number of furan rings is 1. The molecule has 2 heterocycles. The van der Waals surface area contributed by atoms with Crippen LogP contribution < -0.4 is 5.32 Å². The van der Waals surface area contributed by atoms with Gasteiger partial charge in [0.05, 0.1) is 11.8 Å². The molecule has 0 aromatic carbocycles. The monoisotopic (exact) mass is 208 g/mol. The number of hydrogen-bond donors (Lipinski definition) is 1. The summed E-state index contributed by atoms with van der Waals surface area (Å²) >= 11 is 0. The molecule has 1 N–H and O–H groups in total. The van der Waals surface area contributed by atoms with Gasteiger partial charge in [0.25, 0.3) is 5.91 Å². The molecule has 1 saturated heterocycles. The minimum Gasteiger partial charge on any atom is -0.469 e. The van der Waals surface area contributed by atoms with Gasteiger partial charge in [0.15, 0.2) is 0 Å². The van der Waals surface area contributed by atoms with E-state index in [9.17, 15) is 4.79 Å². The van der Waals surface area contributed by atoms with Gasteiger partial charge in [-0.25, -0.2) is 0 Å². The second-order valence-electron chi connectivity index (χ2n) is 3.79. The molecule has 1 aromatic heterocycles. The number of rotatable bonds is 1. The fourth-order valence-electron chi connectivity index (χ4n) is 1.83. The Hall–Kier alpha value is -1.29. The average Bonchev–Trinajstić information content (AvgIpc) is 2.53. The predicted octanol–water partition coefficient (Wildman–Crippen LogP) is 1.02. The molecule has 1 fully saturated rings. The Labute approximate surface area is 89.2 Å². The lowest BCUT2D eigenvalue weighted by molar-refractivity contribution is 0.0764. The van der Waals surface area contributed by atoms with E-state index in [-0.39, 0.29) is 5.91 Å². The third-order valence-corrected chi connectivity index (χ3v) is 2.72. The van der Waals surface area contributed by atoms with E-state index in [1.54, 1.807) is 12.3 Å². The van der Waals surface area contributed by atoms with E-state index < -0.39 is 0 Å². The van der Waals surface area contributed by atoms with Gasteiger partial charge >= 0.3 is 0 Å². The summed E-state index contributed by atoms with van der Waals surface area (Å²) < 4.78 is 5.14. The summed E-state index contributed by atoms with van der Waals surface area (Å²) in [6.45, 7) is 5.31. The molecular formula is C11H16N2O2. The first-order valence-corrected chi connectivity index (χ1v) is 5.33. The SMILES string of the molecule is Cc1occc1C(=O)N1CCCNCC1. The second kappa shape index (κ2) is 4.49. The lowest BCUT2D eigenvalue weighted by Crippen LogP contribution is -2.34. The van der Waals surface area contributed by atoms with Crippen LogP contribution in [0.25, 0.3) is 0 Å². The highest BCUT2D eigenvalue weighted by atomic mass is 16.3. The first-order valence-electron chi connectivity index (χ1n) is 5.33. The van der Waals surface area contributed by atoms with Crippen molar-refractivity contribution < 1.29 is 9.21 Å². The topological polar surface area (TPSA) is 45.5 Å². The van der Waals surface area contributed by atoms with E-state index >= 15 is 0 Å². The maximum absolute atomic E-state index is 12.1. The zero-order valence-electron chi connectivity index (χ0n) is 8.95. The number of amides is 1. The average molecular weight is 208 g/mol. The van der Waals surface area contributed by atoms with Crippen molar-refractivity contribution in [2.24, 2.45) is 0 Å². The Kier molecular flexibility index (Phi) is 3.06. The van der Waals surface area contributed by atoms with Gasteiger partial charge in [0.1, 0.15) is 5.76 Å². The van der Waals surface area contributed by atoms with Crippen LogP contribution in [-0.2, 0) is 0 Å². The summed E-state index contributed by atoms with van der Waals surface area (Å²) in [5.41, 5.74) is 0.692. The predicted molar refractivity (Wildman–Crippen MR) is 56.8 cm³/mol. The van der Waals surface area contributed by atoms with Crippen molar-refractivity contribution in [3.05, 3.63) is 23.7 Å². The normalized spacial score (nSPS) is 17.5. The molecule has 0 saturated carbocycles. The summed E-state index contributed by atoms with van der Waals surface area (Å²) in [5, 5.41) is 3.27. The Bertz CT molecular complexity index is 338. The van der Waals surface area contributed by atoms with Crippen LogP contribution in [0.5, 0.6) is 0 Å². The summed E-state index contributed by atoms with van der Waals surface area (Å²) in [7, 11) is 0. The van der Waals surface area contributed by atoms with Gasteiger partial charge in [0, 0.05) is 19.6 Å². The highest BCUT2D eigenvalue weighted by molar-refractivity contribution is 5.95. The molecule has 0 atom stereocenters. The number of nitrogens with one attached hydrogen (secondary N) is 1. The number of carbonyl (C=O) groups is 1. The van der Waals surface area contributed by atoms with Crippen molar-refractivity contribution in [2.75, 3.05) is 26.2 Å². The van der Waals surface area contributed by atoms with E-state index in [1.165, 1.54) is 0 Å². The molecule has 0 radical (unpaired) electrons. The molecule has 0 aliphatic carbocycles. The molecule has 1 aliphatic heterocycles. The van der Waals surface area contributed by atoms with Crippen LogP contribution in [-0.4, -0.2) is 37.0 Å². The van der Waals surface area contributed by atoms with Crippen LogP contribution >= 0.6 is 0 Å². The molecule has 1 aliphatic rings. The van der Waals surface area contributed by atoms with Gasteiger partial charge in [-0.1, -0.05) is 0 Å². The minimum absolute atomic E-state index is 0.0879. The standard InChI is InChI=1S/C11H16N2O2/c1-9-10(3-8-15-9)11(14)13-6-2-4-12-5-7-13/h3,8,12H,2,4-7H2,1H3. The lowest BCUT2D eigenvalue weighted by atomic mass is 10.2. The first-order chi connectivity index (χ1) is 7.29. The summed E-state index contributed by atoms with van der Waals surface area (Å²) in [5.74, 6) is 0.794. The van der Waals surface area contributed by atoms with E-state index in [0.717, 1.165) is 32.6 Å². The van der Waals surface area contributed by atoms with Crippen LogP contribution in [0.15, 0.2) is 16.7 Å². The van der Waals surface area contributed by atoms with Crippen molar-refractivity contribution >= 4 is 5.91 Å². The largest absolute Gasteiger partial charge is 0.469 e. The fourth-order valence-corrected chi connectivity index (χ4v) is 1.83. The number of carbonyl (C=O) groups excluding carboxylic acids is 1. The summed E-state index contributed by atoms with van der Waals surface area (Å²) in [6, 6.07) is 1.75. The van der Waals surface area contributed by atoms with Gasteiger partial charge in [-0.15, -0.1) is 0 Å². The molecule has 4 nitrogen and oxygen atoms in total. The molecule has 0 spiro atoms. The quantitative estimate of drug-likeness (QED) is 0.749. The van der Waals surface area contributed by atoms with E-state index in [0.29, 0.717) is 11.3 Å². The Morgan fingerprint density at radius 1 is 1.47 bits per heavy atom. The van der Waals surface area contributed by atoms with Gasteiger partial charge in [-0.05, 0) is 26.0 Å². The van der Waals surface area contributed by atoms with Crippen molar-refractivity contribution in [3.63, 3.8) is 0 Å². The van der Waals surface area contributed by atoms with E-state index in [1.807, 2.05) is 11.8 Å². The molecule has 1 aromatic rings. The molecule has 0 unspecified atom stereocenters. The Morgan fingerprint density at radius 2 is 2.33 bits per heavy atom. The van der Waals surface area contributed by atoms with Crippen LogP contribution in [0.2, 0.25) is 0 Å². The minimum atomic E-state index is 0.0879. The molecule has 0 bridgehead atoms. The zero-order chi connectivity index (χ0) is 10.7. The molecule has 1 amide bonds. The third kappa shape index (κ3) is 2.21. The molecule has 15 heavy (non-hydrogen) atoms. The summed E-state index contributed by atoms with van der Waals surface area (Å²) in [4.78, 5) is 14.0. The fraction of sp³-hybridized carbons (Fsp3) is 0.545. The van der Waals surface area contributed by atoms with Crippen molar-refractivity contribution in [2.45, 2.75) is 13.3 Å². The second-order valence-corrected chi connectivity index (χ2v) is 3.79. The maximum atomic E-state index is 12.1. The highest BCUT2D eigenvalue weighted by Gasteiger charge is 2.19. The Balaban J connectivity index is 2.09. The molecule has 2 rings (SSSR count). The zero-order valence-corrected chi connectivity index (χ0v) is 8.95. The van der Waals surface area contributed by atoms with E-state index in [4.69, 9.17) is 4.42 Å².